The van der Waals surface area contributed by atoms with Gasteiger partial charge in [0.1, 0.15) is 17.8 Å². The summed E-state index contributed by atoms with van der Waals surface area (Å²) in [5.74, 6) is 0.995. The first kappa shape index (κ1) is 35.1. The number of carbonyl (C=O) groups is 1. The molecule has 10 heteroatoms. The summed E-state index contributed by atoms with van der Waals surface area (Å²) in [6.45, 7) is 19.3. The fourth-order valence-corrected chi connectivity index (χ4v) is 6.16. The molecule has 3 heterocycles. The van der Waals surface area contributed by atoms with Crippen molar-refractivity contribution in [1.82, 2.24) is 14.6 Å². The molecule has 0 radical (unpaired) electrons. The van der Waals surface area contributed by atoms with Crippen molar-refractivity contribution < 1.29 is 23.7 Å². The van der Waals surface area contributed by atoms with E-state index in [1.165, 1.54) is 7.11 Å². The van der Waals surface area contributed by atoms with E-state index >= 15 is 0 Å². The molecule has 1 aliphatic rings. The minimum atomic E-state index is -1.01. The standard InChI is InChI=1S/C38H49N5O5/c1-10-20-46-38(8)16-18-42(19-17-38)35-33(34(36(44)45-9)48-37(5,6)7)25(3)40-32-23-30(41-43(32)35)28-13-11-12-27(22-28)29-15-14-24(2)21-31(29)47-26(4)39/h10-15,21-23,26,34H,1,16-20,39H2,2-9H3/t26-,34-/m0/s1. The Morgan fingerprint density at radius 1 is 1.10 bits per heavy atom. The summed E-state index contributed by atoms with van der Waals surface area (Å²) in [6, 6.07) is 16.3. The van der Waals surface area contributed by atoms with Gasteiger partial charge in [-0.25, -0.2) is 9.78 Å². The fraction of sp³-hybridized carbons (Fsp3) is 0.447. The number of anilines is 1. The van der Waals surface area contributed by atoms with Crippen LogP contribution in [0.2, 0.25) is 0 Å². The molecule has 0 unspecified atom stereocenters. The fourth-order valence-electron chi connectivity index (χ4n) is 6.16. The van der Waals surface area contributed by atoms with Crippen molar-refractivity contribution in [3.05, 3.63) is 78.0 Å². The molecule has 256 valence electrons. The van der Waals surface area contributed by atoms with E-state index in [2.05, 4.69) is 36.6 Å². The van der Waals surface area contributed by atoms with Gasteiger partial charge in [-0.3, -0.25) is 5.73 Å². The van der Waals surface area contributed by atoms with E-state index in [1.807, 2.05) is 76.4 Å². The predicted molar refractivity (Wildman–Crippen MR) is 189 cm³/mol. The molecule has 1 fully saturated rings. The molecule has 2 atom stereocenters. The zero-order chi connectivity index (χ0) is 34.8. The Bertz CT molecular complexity index is 1780. The lowest BCUT2D eigenvalue weighted by Gasteiger charge is -2.41. The SMILES string of the molecule is C=CCOC1(C)CCN(c2c([C@H](OC(C)(C)C)C(=O)OC)c(C)nc3cc(-c4cccc(-c5ccc(C)cc5O[C@@H](C)N)c4)nn23)CC1. The van der Waals surface area contributed by atoms with Crippen LogP contribution in [0.1, 0.15) is 70.4 Å². The zero-order valence-electron chi connectivity index (χ0n) is 29.5. The zero-order valence-corrected chi connectivity index (χ0v) is 29.5. The van der Waals surface area contributed by atoms with E-state index in [0.717, 1.165) is 52.4 Å². The van der Waals surface area contributed by atoms with Crippen LogP contribution in [0.25, 0.3) is 28.0 Å². The molecule has 0 amide bonds. The Labute approximate surface area is 283 Å². The van der Waals surface area contributed by atoms with Crippen LogP contribution in [0.15, 0.2) is 61.2 Å². The molecule has 0 spiro atoms. The van der Waals surface area contributed by atoms with E-state index in [-0.39, 0.29) is 5.60 Å². The lowest BCUT2D eigenvalue weighted by Crippen LogP contribution is -2.45. The second-order valence-electron chi connectivity index (χ2n) is 13.8. The van der Waals surface area contributed by atoms with Crippen molar-refractivity contribution >= 4 is 17.4 Å². The highest BCUT2D eigenvalue weighted by molar-refractivity contribution is 5.81. The average Bonchev–Trinajstić information content (AvgIpc) is 3.45. The first-order chi connectivity index (χ1) is 22.7. The van der Waals surface area contributed by atoms with Crippen LogP contribution in [0, 0.1) is 13.8 Å². The molecule has 1 saturated heterocycles. The lowest BCUT2D eigenvalue weighted by atomic mass is 9.92. The van der Waals surface area contributed by atoms with E-state index in [1.54, 1.807) is 6.08 Å². The van der Waals surface area contributed by atoms with Crippen molar-refractivity contribution in [1.29, 1.82) is 0 Å². The molecule has 2 aromatic carbocycles. The van der Waals surface area contributed by atoms with E-state index in [4.69, 9.17) is 34.8 Å². The van der Waals surface area contributed by atoms with Gasteiger partial charge in [0, 0.05) is 36.0 Å². The maximum absolute atomic E-state index is 13.4. The van der Waals surface area contributed by atoms with Crippen LogP contribution in [-0.4, -0.2) is 64.8 Å². The van der Waals surface area contributed by atoms with Gasteiger partial charge in [0.15, 0.2) is 11.8 Å². The van der Waals surface area contributed by atoms with Crippen LogP contribution in [-0.2, 0) is 19.0 Å². The quantitative estimate of drug-likeness (QED) is 0.104. The Balaban J connectivity index is 1.65. The van der Waals surface area contributed by atoms with Crippen molar-refractivity contribution in [3.63, 3.8) is 0 Å². The molecule has 0 saturated carbocycles. The Morgan fingerprint density at radius 3 is 2.46 bits per heavy atom. The number of hydrogen-bond donors (Lipinski definition) is 1. The molecular formula is C38H49N5O5. The highest BCUT2D eigenvalue weighted by Gasteiger charge is 2.38. The number of aromatic nitrogens is 3. The molecule has 1 aliphatic heterocycles. The second kappa shape index (κ2) is 14.1. The van der Waals surface area contributed by atoms with E-state index in [0.29, 0.717) is 36.6 Å². The van der Waals surface area contributed by atoms with Gasteiger partial charge < -0.3 is 23.8 Å². The number of benzene rings is 2. The van der Waals surface area contributed by atoms with Gasteiger partial charge in [-0.2, -0.15) is 9.61 Å². The minimum absolute atomic E-state index is 0.286. The number of nitrogens with two attached hydrogens (primary N) is 1. The second-order valence-corrected chi connectivity index (χ2v) is 13.8. The van der Waals surface area contributed by atoms with E-state index in [9.17, 15) is 4.79 Å². The lowest BCUT2D eigenvalue weighted by molar-refractivity contribution is -0.164. The third-order valence-corrected chi connectivity index (χ3v) is 8.54. The normalized spacial score (nSPS) is 16.1. The summed E-state index contributed by atoms with van der Waals surface area (Å²) < 4.78 is 25.7. The summed E-state index contributed by atoms with van der Waals surface area (Å²) in [5.41, 5.74) is 11.7. The summed E-state index contributed by atoms with van der Waals surface area (Å²) in [6.07, 6.45) is 1.89. The minimum Gasteiger partial charge on any atom is -0.475 e. The first-order valence-corrected chi connectivity index (χ1v) is 16.5. The maximum atomic E-state index is 13.4. The number of carbonyl (C=O) groups excluding carboxylic acids is 1. The molecule has 2 aromatic heterocycles. The molecule has 5 rings (SSSR count). The third kappa shape index (κ3) is 7.72. The number of fused-ring (bicyclic) bond motifs is 1. The van der Waals surface area contributed by atoms with Crippen molar-refractivity contribution in [2.75, 3.05) is 31.7 Å². The summed E-state index contributed by atoms with van der Waals surface area (Å²) in [7, 11) is 1.38. The summed E-state index contributed by atoms with van der Waals surface area (Å²) >= 11 is 0. The van der Waals surface area contributed by atoms with Crippen LogP contribution in [0.5, 0.6) is 5.75 Å². The van der Waals surface area contributed by atoms with Gasteiger partial charge in [0.25, 0.3) is 0 Å². The molecule has 48 heavy (non-hydrogen) atoms. The van der Waals surface area contributed by atoms with Gasteiger partial charge in [0.05, 0.1) is 36.2 Å². The Hall–Kier alpha value is -4.25. The first-order valence-electron chi connectivity index (χ1n) is 16.5. The van der Waals surface area contributed by atoms with Crippen molar-refractivity contribution in [2.45, 2.75) is 84.8 Å². The number of nitrogens with zero attached hydrogens (tertiary/aromatic N) is 4. The monoisotopic (exact) mass is 655 g/mol. The molecule has 10 nitrogen and oxygen atoms in total. The summed E-state index contributed by atoms with van der Waals surface area (Å²) in [5, 5.41) is 5.14. The molecule has 4 aromatic rings. The molecule has 0 aliphatic carbocycles. The van der Waals surface area contributed by atoms with Crippen LogP contribution >= 0.6 is 0 Å². The van der Waals surface area contributed by atoms with Crippen molar-refractivity contribution in [3.8, 4) is 28.1 Å². The Kier molecular flexibility index (Phi) is 10.3. The summed E-state index contributed by atoms with van der Waals surface area (Å²) in [4.78, 5) is 20.6. The van der Waals surface area contributed by atoms with Crippen molar-refractivity contribution in [2.24, 2.45) is 5.73 Å². The molecule has 2 N–H and O–H groups in total. The number of methoxy groups -OCH3 is 1. The number of ether oxygens (including phenoxy) is 4. The van der Waals surface area contributed by atoms with Gasteiger partial charge in [0.2, 0.25) is 0 Å². The maximum Gasteiger partial charge on any atom is 0.339 e. The Morgan fingerprint density at radius 2 is 1.81 bits per heavy atom. The van der Waals surface area contributed by atoms with Gasteiger partial charge in [-0.15, -0.1) is 6.58 Å². The average molecular weight is 656 g/mol. The largest absolute Gasteiger partial charge is 0.475 e. The van der Waals surface area contributed by atoms with E-state index < -0.39 is 23.9 Å². The van der Waals surface area contributed by atoms with Crippen LogP contribution in [0.4, 0.5) is 5.82 Å². The van der Waals surface area contributed by atoms with Gasteiger partial charge >= 0.3 is 5.97 Å². The molecule has 0 bridgehead atoms. The number of piperidine rings is 1. The van der Waals surface area contributed by atoms with Gasteiger partial charge in [-0.1, -0.05) is 36.4 Å². The number of rotatable bonds is 11. The number of aryl methyl sites for hydroxylation is 2. The number of esters is 1. The smallest absolute Gasteiger partial charge is 0.339 e. The van der Waals surface area contributed by atoms with Gasteiger partial charge in [-0.05, 0) is 84.6 Å². The highest BCUT2D eigenvalue weighted by Crippen LogP contribution is 2.39. The highest BCUT2D eigenvalue weighted by atomic mass is 16.6. The predicted octanol–water partition coefficient (Wildman–Crippen LogP) is 6.95. The third-order valence-electron chi connectivity index (χ3n) is 8.54. The van der Waals surface area contributed by atoms with Crippen LogP contribution in [0.3, 0.4) is 0 Å². The number of hydrogen-bond acceptors (Lipinski definition) is 9. The van der Waals surface area contributed by atoms with Crippen LogP contribution < -0.4 is 15.4 Å². The topological polar surface area (TPSA) is 113 Å². The molecular weight excluding hydrogens is 606 g/mol.